The van der Waals surface area contributed by atoms with Crippen molar-refractivity contribution in [2.75, 3.05) is 12.4 Å². The molecule has 0 radical (unpaired) electrons. The van der Waals surface area contributed by atoms with Gasteiger partial charge in [-0.15, -0.1) is 11.3 Å². The molecule has 0 spiro atoms. The largest absolute Gasteiger partial charge is 0.493 e. The molecule has 0 fully saturated rings. The van der Waals surface area contributed by atoms with E-state index in [-0.39, 0.29) is 5.75 Å². The molecular weight excluding hydrogens is 442 g/mol. The van der Waals surface area contributed by atoms with Crippen molar-refractivity contribution in [1.29, 1.82) is 0 Å². The summed E-state index contributed by atoms with van der Waals surface area (Å²) in [6.45, 7) is 0. The van der Waals surface area contributed by atoms with E-state index in [1.165, 1.54) is 30.7 Å². The summed E-state index contributed by atoms with van der Waals surface area (Å²) in [7, 11) is 1.43. The Kier molecular flexibility index (Phi) is 7.36. The van der Waals surface area contributed by atoms with Gasteiger partial charge in [0, 0.05) is 0 Å². The van der Waals surface area contributed by atoms with Gasteiger partial charge in [-0.3, -0.25) is 9.59 Å². The summed E-state index contributed by atoms with van der Waals surface area (Å²) in [4.78, 5) is 36.4. The van der Waals surface area contributed by atoms with E-state index in [0.29, 0.717) is 26.9 Å². The summed E-state index contributed by atoms with van der Waals surface area (Å²) in [5.41, 5.74) is 2.98. The number of hydrazone groups is 1. The number of nitrogens with zero attached hydrogens (tertiary/aromatic N) is 1. The number of methoxy groups -OCH3 is 1. The quantitative estimate of drug-likeness (QED) is 0.193. The van der Waals surface area contributed by atoms with Gasteiger partial charge in [0.25, 0.3) is 0 Å². The van der Waals surface area contributed by atoms with E-state index in [9.17, 15) is 14.4 Å². The minimum atomic E-state index is -0.968. The number of halogens is 1. The van der Waals surface area contributed by atoms with Crippen molar-refractivity contribution in [3.05, 3.63) is 75.4 Å². The lowest BCUT2D eigenvalue weighted by atomic mass is 10.2. The van der Waals surface area contributed by atoms with Gasteiger partial charge in [-0.25, -0.2) is 10.2 Å². The molecule has 2 amide bonds. The van der Waals surface area contributed by atoms with Crippen LogP contribution in [-0.4, -0.2) is 31.1 Å². The molecule has 0 aliphatic heterocycles. The number of rotatable bonds is 6. The number of hydrogen-bond donors (Lipinski definition) is 2. The molecule has 0 aliphatic rings. The predicted molar refractivity (Wildman–Crippen MR) is 118 cm³/mol. The molecule has 1 heterocycles. The van der Waals surface area contributed by atoms with Crippen LogP contribution in [0.5, 0.6) is 11.5 Å². The third-order valence-electron chi connectivity index (χ3n) is 3.82. The van der Waals surface area contributed by atoms with Crippen molar-refractivity contribution in [2.45, 2.75) is 0 Å². The second kappa shape index (κ2) is 10.4. The molecule has 1 aromatic heterocycles. The minimum absolute atomic E-state index is 0.237. The van der Waals surface area contributed by atoms with Gasteiger partial charge in [0.05, 0.1) is 24.0 Å². The van der Waals surface area contributed by atoms with Gasteiger partial charge >= 0.3 is 17.8 Å². The fraction of sp³-hybridized carbons (Fsp3) is 0.0476. The average molecular weight is 458 g/mol. The molecule has 10 heteroatoms. The Balaban J connectivity index is 1.60. The summed E-state index contributed by atoms with van der Waals surface area (Å²) < 4.78 is 10.6. The van der Waals surface area contributed by atoms with E-state index in [1.807, 2.05) is 0 Å². The lowest BCUT2D eigenvalue weighted by molar-refractivity contribution is -0.136. The van der Waals surface area contributed by atoms with E-state index in [2.05, 4.69) is 15.8 Å². The summed E-state index contributed by atoms with van der Waals surface area (Å²) in [6, 6.07) is 14.6. The molecule has 0 bridgehead atoms. The van der Waals surface area contributed by atoms with Crippen LogP contribution >= 0.6 is 22.9 Å². The van der Waals surface area contributed by atoms with Gasteiger partial charge in [-0.05, 0) is 47.3 Å². The first-order chi connectivity index (χ1) is 15.0. The maximum Gasteiger partial charge on any atom is 0.353 e. The number of carbonyl (C=O) groups is 3. The number of nitrogens with one attached hydrogen (secondary N) is 2. The number of benzene rings is 2. The molecule has 0 unspecified atom stereocenters. The molecule has 2 N–H and O–H groups in total. The number of thiophene rings is 1. The van der Waals surface area contributed by atoms with E-state index >= 15 is 0 Å². The zero-order chi connectivity index (χ0) is 22.2. The molecular formula is C21H16ClN3O5S. The van der Waals surface area contributed by atoms with Crippen molar-refractivity contribution < 1.29 is 23.9 Å². The first-order valence-corrected chi connectivity index (χ1v) is 10.1. The molecule has 8 nitrogen and oxygen atoms in total. The van der Waals surface area contributed by atoms with Crippen LogP contribution in [0.3, 0.4) is 0 Å². The normalized spacial score (nSPS) is 10.5. The van der Waals surface area contributed by atoms with Crippen LogP contribution in [0.4, 0.5) is 5.69 Å². The van der Waals surface area contributed by atoms with Crippen LogP contribution < -0.4 is 20.2 Å². The molecule has 31 heavy (non-hydrogen) atoms. The van der Waals surface area contributed by atoms with Crippen LogP contribution in [0.15, 0.2) is 65.1 Å². The Morgan fingerprint density at radius 2 is 1.84 bits per heavy atom. The van der Waals surface area contributed by atoms with Crippen molar-refractivity contribution in [1.82, 2.24) is 5.43 Å². The predicted octanol–water partition coefficient (Wildman–Crippen LogP) is 3.72. The number of hydrogen-bond acceptors (Lipinski definition) is 7. The van der Waals surface area contributed by atoms with Gasteiger partial charge in [-0.1, -0.05) is 29.8 Å². The number of esters is 1. The minimum Gasteiger partial charge on any atom is -0.493 e. The molecule has 3 rings (SSSR count). The van der Waals surface area contributed by atoms with E-state index < -0.39 is 17.8 Å². The zero-order valence-corrected chi connectivity index (χ0v) is 17.7. The Bertz CT molecular complexity index is 1130. The first kappa shape index (κ1) is 22.0. The highest BCUT2D eigenvalue weighted by Gasteiger charge is 2.15. The molecule has 3 aromatic rings. The van der Waals surface area contributed by atoms with Gasteiger partial charge in [0.1, 0.15) is 4.88 Å². The molecule has 0 aliphatic carbocycles. The average Bonchev–Trinajstić information content (AvgIpc) is 3.31. The number of anilines is 1. The van der Waals surface area contributed by atoms with Crippen molar-refractivity contribution in [3.8, 4) is 11.5 Å². The van der Waals surface area contributed by atoms with E-state index in [0.717, 1.165) is 0 Å². The standard InChI is InChI=1S/C21H16ClN3O5S/c1-29-17-11-13(8-9-16(17)30-21(28)18-7-4-10-31-18)12-23-25-20(27)19(26)24-15-6-3-2-5-14(15)22/h2-12H,1H3,(H,24,26)(H,25,27)/b23-12+. The van der Waals surface area contributed by atoms with Crippen LogP contribution in [0.25, 0.3) is 0 Å². The van der Waals surface area contributed by atoms with Gasteiger partial charge in [-0.2, -0.15) is 5.10 Å². The highest BCUT2D eigenvalue weighted by atomic mass is 35.5. The Hall–Kier alpha value is -3.69. The fourth-order valence-electron chi connectivity index (χ4n) is 2.35. The molecule has 0 saturated heterocycles. The second-order valence-electron chi connectivity index (χ2n) is 5.91. The monoisotopic (exact) mass is 457 g/mol. The summed E-state index contributed by atoms with van der Waals surface area (Å²) in [5, 5.41) is 8.22. The second-order valence-corrected chi connectivity index (χ2v) is 7.27. The van der Waals surface area contributed by atoms with Crippen LogP contribution in [0.2, 0.25) is 5.02 Å². The van der Waals surface area contributed by atoms with Crippen LogP contribution in [0, 0.1) is 0 Å². The lowest BCUT2D eigenvalue weighted by Gasteiger charge is -2.09. The first-order valence-electron chi connectivity index (χ1n) is 8.80. The maximum atomic E-state index is 12.1. The molecule has 0 saturated carbocycles. The number of para-hydroxylation sites is 1. The summed E-state index contributed by atoms with van der Waals surface area (Å²) >= 11 is 7.21. The van der Waals surface area contributed by atoms with E-state index in [4.69, 9.17) is 21.1 Å². The number of amides is 2. The topological polar surface area (TPSA) is 106 Å². The van der Waals surface area contributed by atoms with Crippen molar-refractivity contribution in [3.63, 3.8) is 0 Å². The number of ether oxygens (including phenoxy) is 2. The molecule has 0 atom stereocenters. The summed E-state index contributed by atoms with van der Waals surface area (Å²) in [5.74, 6) is -1.84. The Labute approximate surface area is 186 Å². The maximum absolute atomic E-state index is 12.1. The van der Waals surface area contributed by atoms with Crippen molar-refractivity contribution in [2.24, 2.45) is 5.10 Å². The smallest absolute Gasteiger partial charge is 0.353 e. The van der Waals surface area contributed by atoms with Crippen LogP contribution in [0.1, 0.15) is 15.2 Å². The molecule has 158 valence electrons. The highest BCUT2D eigenvalue weighted by molar-refractivity contribution is 7.12. The Morgan fingerprint density at radius 3 is 2.55 bits per heavy atom. The number of carbonyl (C=O) groups excluding carboxylic acids is 3. The third-order valence-corrected chi connectivity index (χ3v) is 5.00. The highest BCUT2D eigenvalue weighted by Crippen LogP contribution is 2.29. The fourth-order valence-corrected chi connectivity index (χ4v) is 3.13. The summed E-state index contributed by atoms with van der Waals surface area (Å²) in [6.07, 6.45) is 1.31. The van der Waals surface area contributed by atoms with Gasteiger partial charge < -0.3 is 14.8 Å². The zero-order valence-electron chi connectivity index (χ0n) is 16.1. The van der Waals surface area contributed by atoms with E-state index in [1.54, 1.807) is 53.9 Å². The van der Waals surface area contributed by atoms with Gasteiger partial charge in [0.2, 0.25) is 0 Å². The lowest BCUT2D eigenvalue weighted by Crippen LogP contribution is -2.32. The Morgan fingerprint density at radius 1 is 1.03 bits per heavy atom. The SMILES string of the molecule is COc1cc(/C=N/NC(=O)C(=O)Nc2ccccc2Cl)ccc1OC(=O)c1cccs1. The molecule has 2 aromatic carbocycles. The third kappa shape index (κ3) is 5.91. The van der Waals surface area contributed by atoms with Crippen LogP contribution in [-0.2, 0) is 9.59 Å². The van der Waals surface area contributed by atoms with Gasteiger partial charge in [0.15, 0.2) is 11.5 Å². The van der Waals surface area contributed by atoms with Crippen molar-refractivity contribution >= 4 is 52.6 Å².